The van der Waals surface area contributed by atoms with E-state index in [-0.39, 0.29) is 0 Å². The highest BCUT2D eigenvalue weighted by Gasteiger charge is 2.20. The fourth-order valence-electron chi connectivity index (χ4n) is 3.19. The molecule has 0 aromatic carbocycles. The Kier molecular flexibility index (Phi) is 12.1. The first-order chi connectivity index (χ1) is 8.67. The zero-order valence-electron chi connectivity index (χ0n) is 13.8. The van der Waals surface area contributed by atoms with Gasteiger partial charge in [0.25, 0.3) is 0 Å². The summed E-state index contributed by atoms with van der Waals surface area (Å²) in [6.07, 6.45) is 14.6. The molecule has 0 aliphatic heterocycles. The van der Waals surface area contributed by atoms with Gasteiger partial charge in [-0.1, -0.05) is 86.0 Å². The minimum absolute atomic E-state index is 0.947. The minimum Gasteiger partial charge on any atom is -0.0656 e. The lowest BCUT2D eigenvalue weighted by atomic mass is 9.83. The average Bonchev–Trinajstić information content (AvgIpc) is 2.83. The fraction of sp³-hybridized carbons (Fsp3) is 1.00. The van der Waals surface area contributed by atoms with Gasteiger partial charge in [-0.05, 0) is 30.6 Å². The predicted octanol–water partition coefficient (Wildman–Crippen LogP) is 6.84. The molecule has 1 rings (SSSR count). The van der Waals surface area contributed by atoms with Gasteiger partial charge in [-0.3, -0.25) is 0 Å². The van der Waals surface area contributed by atoms with Crippen LogP contribution in [0.3, 0.4) is 0 Å². The Bertz CT molecular complexity index is 155. The van der Waals surface area contributed by atoms with Gasteiger partial charge in [-0.15, -0.1) is 0 Å². The Morgan fingerprint density at radius 3 is 2.00 bits per heavy atom. The molecule has 1 saturated carbocycles. The highest BCUT2D eigenvalue weighted by molar-refractivity contribution is 4.73. The lowest BCUT2D eigenvalue weighted by Crippen LogP contribution is -2.10. The molecule has 0 N–H and O–H groups in total. The molecule has 0 saturated heterocycles. The molecule has 0 spiro atoms. The van der Waals surface area contributed by atoms with Crippen LogP contribution in [0.25, 0.3) is 0 Å². The van der Waals surface area contributed by atoms with E-state index in [0.717, 1.165) is 17.8 Å². The van der Waals surface area contributed by atoms with Crippen LogP contribution >= 0.6 is 0 Å². The van der Waals surface area contributed by atoms with Crippen LogP contribution < -0.4 is 0 Å². The molecule has 0 heteroatoms. The first-order valence-electron chi connectivity index (χ1n) is 8.67. The molecule has 110 valence electrons. The van der Waals surface area contributed by atoms with Gasteiger partial charge in [0.15, 0.2) is 0 Å². The summed E-state index contributed by atoms with van der Waals surface area (Å²) in [5.74, 6) is 3.07. The minimum atomic E-state index is 0.947. The van der Waals surface area contributed by atoms with Crippen molar-refractivity contribution in [3.8, 4) is 0 Å². The summed E-state index contributed by atoms with van der Waals surface area (Å²) >= 11 is 0. The molecule has 1 aliphatic carbocycles. The van der Waals surface area contributed by atoms with Gasteiger partial charge in [0, 0.05) is 0 Å². The van der Waals surface area contributed by atoms with Crippen LogP contribution in [0.2, 0.25) is 0 Å². The van der Waals surface area contributed by atoms with E-state index >= 15 is 0 Å². The Morgan fingerprint density at radius 1 is 1.00 bits per heavy atom. The third-order valence-electron chi connectivity index (χ3n) is 4.27. The molecule has 0 radical (unpaired) electrons. The quantitative estimate of drug-likeness (QED) is 0.467. The Morgan fingerprint density at radius 2 is 1.56 bits per heavy atom. The van der Waals surface area contributed by atoms with Gasteiger partial charge in [-0.25, -0.2) is 0 Å². The summed E-state index contributed by atoms with van der Waals surface area (Å²) in [5.41, 5.74) is 0. The lowest BCUT2D eigenvalue weighted by molar-refractivity contribution is 0.293. The largest absolute Gasteiger partial charge is 0.0656 e. The molecule has 0 aromatic rings. The second-order valence-electron chi connectivity index (χ2n) is 6.50. The molecule has 0 nitrogen and oxygen atoms in total. The van der Waals surface area contributed by atoms with E-state index in [9.17, 15) is 0 Å². The molecule has 18 heavy (non-hydrogen) atoms. The van der Waals surface area contributed by atoms with Crippen molar-refractivity contribution in [1.82, 2.24) is 0 Å². The Labute approximate surface area is 117 Å². The van der Waals surface area contributed by atoms with Crippen LogP contribution in [0.5, 0.6) is 0 Å². The van der Waals surface area contributed by atoms with Gasteiger partial charge < -0.3 is 0 Å². The average molecular weight is 255 g/mol. The molecule has 1 aliphatic rings. The van der Waals surface area contributed by atoms with Gasteiger partial charge in [-0.2, -0.15) is 0 Å². The van der Waals surface area contributed by atoms with Crippen LogP contribution in [0.1, 0.15) is 98.8 Å². The van der Waals surface area contributed by atoms with Crippen molar-refractivity contribution in [3.63, 3.8) is 0 Å². The van der Waals surface area contributed by atoms with Gasteiger partial charge in [0.05, 0.1) is 0 Å². The van der Waals surface area contributed by atoms with Crippen LogP contribution in [-0.4, -0.2) is 0 Å². The van der Waals surface area contributed by atoms with Crippen molar-refractivity contribution in [3.05, 3.63) is 0 Å². The van der Waals surface area contributed by atoms with Crippen molar-refractivity contribution >= 4 is 0 Å². The summed E-state index contributed by atoms with van der Waals surface area (Å²) in [6, 6.07) is 0. The molecule has 2 unspecified atom stereocenters. The van der Waals surface area contributed by atoms with E-state index in [1.54, 1.807) is 0 Å². The third kappa shape index (κ3) is 9.00. The van der Waals surface area contributed by atoms with Crippen LogP contribution in [0.15, 0.2) is 0 Å². The number of hydrogen-bond acceptors (Lipinski definition) is 0. The van der Waals surface area contributed by atoms with Crippen molar-refractivity contribution in [2.75, 3.05) is 0 Å². The predicted molar refractivity (Wildman–Crippen MR) is 85.0 cm³/mol. The molecule has 0 bridgehead atoms. The summed E-state index contributed by atoms with van der Waals surface area (Å²) in [7, 11) is 0. The van der Waals surface area contributed by atoms with E-state index in [4.69, 9.17) is 0 Å². The summed E-state index contributed by atoms with van der Waals surface area (Å²) < 4.78 is 0. The Balaban J connectivity index is 0.000000873. The van der Waals surface area contributed by atoms with E-state index in [1.165, 1.54) is 64.2 Å². The maximum atomic E-state index is 2.43. The van der Waals surface area contributed by atoms with Gasteiger partial charge >= 0.3 is 0 Å². The normalized spacial score (nSPS) is 19.2. The van der Waals surface area contributed by atoms with E-state index in [2.05, 4.69) is 34.6 Å². The monoisotopic (exact) mass is 254 g/mol. The van der Waals surface area contributed by atoms with E-state index < -0.39 is 0 Å². The second-order valence-corrected chi connectivity index (χ2v) is 6.50. The standard InChI is InChI=1S/C15H30.C3H8/c1-4-8-15(11-13(3)5-2)12-14-9-6-7-10-14;1-3-2/h13-15H,4-12H2,1-3H3;3H2,1-2H3. The SMILES string of the molecule is CCC.CCCC(CC(C)CC)CC1CCCC1. The van der Waals surface area contributed by atoms with E-state index in [0.29, 0.717) is 0 Å². The molecule has 2 atom stereocenters. The second kappa shape index (κ2) is 12.1. The first-order valence-corrected chi connectivity index (χ1v) is 8.67. The molecular weight excluding hydrogens is 216 g/mol. The fourth-order valence-corrected chi connectivity index (χ4v) is 3.19. The van der Waals surface area contributed by atoms with Crippen molar-refractivity contribution in [1.29, 1.82) is 0 Å². The summed E-state index contributed by atoms with van der Waals surface area (Å²) in [4.78, 5) is 0. The summed E-state index contributed by atoms with van der Waals surface area (Å²) in [6.45, 7) is 11.4. The van der Waals surface area contributed by atoms with Crippen LogP contribution in [-0.2, 0) is 0 Å². The van der Waals surface area contributed by atoms with Gasteiger partial charge in [0.1, 0.15) is 0 Å². The zero-order valence-corrected chi connectivity index (χ0v) is 13.8. The van der Waals surface area contributed by atoms with E-state index in [1.807, 2.05) is 0 Å². The molecule has 0 amide bonds. The third-order valence-corrected chi connectivity index (χ3v) is 4.27. The first kappa shape index (κ1) is 18.0. The van der Waals surface area contributed by atoms with Crippen molar-refractivity contribution < 1.29 is 0 Å². The maximum Gasteiger partial charge on any atom is -0.0409 e. The lowest BCUT2D eigenvalue weighted by Gasteiger charge is -2.22. The number of rotatable bonds is 7. The molecule has 1 fully saturated rings. The smallest absolute Gasteiger partial charge is 0.0409 e. The summed E-state index contributed by atoms with van der Waals surface area (Å²) in [5, 5.41) is 0. The zero-order chi connectivity index (χ0) is 13.8. The maximum absolute atomic E-state index is 2.43. The topological polar surface area (TPSA) is 0 Å². The van der Waals surface area contributed by atoms with Crippen LogP contribution in [0, 0.1) is 17.8 Å². The molecule has 0 heterocycles. The van der Waals surface area contributed by atoms with Gasteiger partial charge in [0.2, 0.25) is 0 Å². The van der Waals surface area contributed by atoms with Crippen molar-refractivity contribution in [2.24, 2.45) is 17.8 Å². The molecular formula is C18H38. The molecule has 0 aromatic heterocycles. The Hall–Kier alpha value is 0. The van der Waals surface area contributed by atoms with Crippen LogP contribution in [0.4, 0.5) is 0 Å². The number of hydrogen-bond donors (Lipinski definition) is 0. The highest BCUT2D eigenvalue weighted by atomic mass is 14.3. The van der Waals surface area contributed by atoms with Crippen molar-refractivity contribution in [2.45, 2.75) is 98.8 Å². The highest BCUT2D eigenvalue weighted by Crippen LogP contribution is 2.34.